The number of alkyl halides is 3. The normalized spacial score (nSPS) is 14.2. The lowest BCUT2D eigenvalue weighted by Crippen LogP contribution is -2.14. The number of aliphatic hydroxyl groups excluding tert-OH is 1. The van der Waals surface area contributed by atoms with Crippen LogP contribution in [0.15, 0.2) is 24.4 Å². The molecule has 0 fully saturated rings. The highest BCUT2D eigenvalue weighted by molar-refractivity contribution is 7.11. The van der Waals surface area contributed by atoms with E-state index in [1.54, 1.807) is 6.92 Å². The van der Waals surface area contributed by atoms with Gasteiger partial charge in [0.2, 0.25) is 0 Å². The zero-order valence-corrected chi connectivity index (χ0v) is 13.1. The number of hydrogen-bond acceptors (Lipinski definition) is 7. The van der Waals surface area contributed by atoms with Gasteiger partial charge in [-0.1, -0.05) is 0 Å². The number of thiazole rings is 1. The molecule has 2 unspecified atom stereocenters. The third kappa shape index (κ3) is 3.99. The van der Waals surface area contributed by atoms with E-state index in [9.17, 15) is 28.4 Å². The number of nitrogens with one attached hydrogen (secondary N) is 1. The molecule has 0 saturated heterocycles. The van der Waals surface area contributed by atoms with Gasteiger partial charge in [-0.15, -0.1) is 11.3 Å². The summed E-state index contributed by atoms with van der Waals surface area (Å²) in [5.74, 6) is 0. The number of aromatic nitrogens is 1. The molecule has 0 aliphatic rings. The molecule has 0 amide bonds. The molecule has 4 N–H and O–H groups in total. The summed E-state index contributed by atoms with van der Waals surface area (Å²) >= 11 is 1.05. The van der Waals surface area contributed by atoms with Crippen LogP contribution in [0.25, 0.3) is 0 Å². The standard InChI is InChI=1S/C13H13F3N4O3S/c1-6(17)12-18-5-10(24-12)11(21)19-9-3-2-7(20(22)23)4-8(9)13(14,15)16/h2-6,11,19,21H,17H2,1H3. The zero-order valence-electron chi connectivity index (χ0n) is 12.2. The highest BCUT2D eigenvalue weighted by Crippen LogP contribution is 2.38. The average Bonchev–Trinajstić information content (AvgIpc) is 2.96. The van der Waals surface area contributed by atoms with Gasteiger partial charge < -0.3 is 16.2 Å². The first-order valence-corrected chi connectivity index (χ1v) is 7.42. The van der Waals surface area contributed by atoms with E-state index in [1.807, 2.05) is 0 Å². The summed E-state index contributed by atoms with van der Waals surface area (Å²) in [5, 5.41) is 23.5. The minimum atomic E-state index is -4.82. The summed E-state index contributed by atoms with van der Waals surface area (Å²) in [7, 11) is 0. The van der Waals surface area contributed by atoms with E-state index in [-0.39, 0.29) is 10.9 Å². The van der Waals surface area contributed by atoms with Crippen molar-refractivity contribution in [1.82, 2.24) is 4.98 Å². The Morgan fingerprint density at radius 2 is 2.12 bits per heavy atom. The smallest absolute Gasteiger partial charge is 0.369 e. The van der Waals surface area contributed by atoms with Crippen LogP contribution in [0.2, 0.25) is 0 Å². The van der Waals surface area contributed by atoms with Crippen LogP contribution in [-0.4, -0.2) is 15.0 Å². The summed E-state index contributed by atoms with van der Waals surface area (Å²) in [6, 6.07) is 1.86. The Hall–Kier alpha value is -2.24. The Kier molecular flexibility index (Phi) is 5.06. The number of nitro benzene ring substituents is 1. The Morgan fingerprint density at radius 1 is 1.46 bits per heavy atom. The van der Waals surface area contributed by atoms with Crippen molar-refractivity contribution in [3.05, 3.63) is 50.0 Å². The third-order valence-electron chi connectivity index (χ3n) is 3.01. The number of halogens is 3. The van der Waals surface area contributed by atoms with Gasteiger partial charge in [0, 0.05) is 24.0 Å². The molecule has 2 rings (SSSR count). The number of rotatable bonds is 5. The number of hydrogen-bond donors (Lipinski definition) is 3. The van der Waals surface area contributed by atoms with Crippen molar-refractivity contribution in [1.29, 1.82) is 0 Å². The maximum Gasteiger partial charge on any atom is 0.418 e. The van der Waals surface area contributed by atoms with Crippen molar-refractivity contribution in [3.8, 4) is 0 Å². The Balaban J connectivity index is 2.32. The lowest BCUT2D eigenvalue weighted by molar-refractivity contribution is -0.385. The number of nitro groups is 1. The van der Waals surface area contributed by atoms with Gasteiger partial charge in [0.15, 0.2) is 6.23 Å². The fourth-order valence-corrected chi connectivity index (χ4v) is 2.67. The second-order valence-electron chi connectivity index (χ2n) is 4.92. The van der Waals surface area contributed by atoms with E-state index in [0.29, 0.717) is 11.1 Å². The summed E-state index contributed by atoms with van der Waals surface area (Å²) in [6.07, 6.45) is -4.98. The van der Waals surface area contributed by atoms with Crippen LogP contribution >= 0.6 is 11.3 Å². The molecule has 1 heterocycles. The van der Waals surface area contributed by atoms with Gasteiger partial charge in [0.25, 0.3) is 5.69 Å². The van der Waals surface area contributed by atoms with Gasteiger partial charge >= 0.3 is 6.18 Å². The molecular formula is C13H13F3N4O3S. The summed E-state index contributed by atoms with van der Waals surface area (Å²) < 4.78 is 39.3. The topological polar surface area (TPSA) is 114 Å². The van der Waals surface area contributed by atoms with E-state index in [4.69, 9.17) is 5.73 Å². The van der Waals surface area contributed by atoms with E-state index in [1.165, 1.54) is 6.20 Å². The van der Waals surface area contributed by atoms with Crippen molar-refractivity contribution in [2.45, 2.75) is 25.4 Å². The molecule has 2 atom stereocenters. The first-order chi connectivity index (χ1) is 11.1. The lowest BCUT2D eigenvalue weighted by Gasteiger charge is -2.17. The van der Waals surface area contributed by atoms with E-state index < -0.39 is 34.3 Å². The monoisotopic (exact) mass is 362 g/mol. The minimum absolute atomic E-state index is 0.272. The van der Waals surface area contributed by atoms with Crippen molar-refractivity contribution in [3.63, 3.8) is 0 Å². The maximum absolute atomic E-state index is 13.1. The second-order valence-corrected chi connectivity index (χ2v) is 6.01. The largest absolute Gasteiger partial charge is 0.418 e. The van der Waals surface area contributed by atoms with Gasteiger partial charge in [-0.3, -0.25) is 10.1 Å². The van der Waals surface area contributed by atoms with Gasteiger partial charge in [-0.25, -0.2) is 4.98 Å². The maximum atomic E-state index is 13.1. The molecule has 0 spiro atoms. The predicted octanol–water partition coefficient (Wildman–Crippen LogP) is 3.19. The van der Waals surface area contributed by atoms with Crippen LogP contribution in [0.5, 0.6) is 0 Å². The second kappa shape index (κ2) is 6.71. The molecule has 24 heavy (non-hydrogen) atoms. The molecular weight excluding hydrogens is 349 g/mol. The lowest BCUT2D eigenvalue weighted by atomic mass is 10.1. The highest BCUT2D eigenvalue weighted by atomic mass is 32.1. The predicted molar refractivity (Wildman–Crippen MR) is 81.4 cm³/mol. The molecule has 0 aliphatic carbocycles. The number of nitrogens with zero attached hydrogens (tertiary/aromatic N) is 2. The SMILES string of the molecule is CC(N)c1ncc(C(O)Nc2ccc([N+](=O)[O-])cc2C(F)(F)F)s1. The summed E-state index contributed by atoms with van der Waals surface area (Å²) in [6.45, 7) is 1.68. The van der Waals surface area contributed by atoms with Crippen LogP contribution in [0.4, 0.5) is 24.5 Å². The van der Waals surface area contributed by atoms with Gasteiger partial charge in [-0.2, -0.15) is 13.2 Å². The summed E-state index contributed by atoms with van der Waals surface area (Å²) in [5.41, 5.74) is 3.23. The number of anilines is 1. The number of non-ortho nitro benzene ring substituents is 1. The van der Waals surface area contributed by atoms with Crippen molar-refractivity contribution >= 4 is 22.7 Å². The quantitative estimate of drug-likeness (QED) is 0.427. The van der Waals surface area contributed by atoms with Crippen LogP contribution < -0.4 is 11.1 Å². The molecule has 0 aliphatic heterocycles. The molecule has 0 saturated carbocycles. The van der Waals surface area contributed by atoms with Gasteiger partial charge in [-0.05, 0) is 13.0 Å². The fourth-order valence-electron chi connectivity index (χ4n) is 1.86. The van der Waals surface area contributed by atoms with E-state index in [2.05, 4.69) is 10.3 Å². The molecule has 0 bridgehead atoms. The van der Waals surface area contributed by atoms with Gasteiger partial charge in [0.05, 0.1) is 21.4 Å². The molecule has 2 aromatic rings. The summed E-state index contributed by atoms with van der Waals surface area (Å²) in [4.78, 5) is 14.0. The van der Waals surface area contributed by atoms with E-state index >= 15 is 0 Å². The van der Waals surface area contributed by atoms with Crippen molar-refractivity contribution in [2.24, 2.45) is 5.73 Å². The first-order valence-electron chi connectivity index (χ1n) is 6.61. The van der Waals surface area contributed by atoms with Crippen LogP contribution in [0, 0.1) is 10.1 Å². The van der Waals surface area contributed by atoms with E-state index in [0.717, 1.165) is 23.5 Å². The fraction of sp³-hybridized carbons (Fsp3) is 0.308. The van der Waals surface area contributed by atoms with Crippen LogP contribution in [-0.2, 0) is 6.18 Å². The Morgan fingerprint density at radius 3 is 2.62 bits per heavy atom. The van der Waals surface area contributed by atoms with Crippen LogP contribution in [0.1, 0.15) is 34.6 Å². The third-order valence-corrected chi connectivity index (χ3v) is 4.26. The Labute approximate surface area is 138 Å². The molecule has 130 valence electrons. The molecule has 0 radical (unpaired) electrons. The molecule has 1 aromatic heterocycles. The molecule has 1 aromatic carbocycles. The van der Waals surface area contributed by atoms with Crippen LogP contribution in [0.3, 0.4) is 0 Å². The zero-order chi connectivity index (χ0) is 18.1. The van der Waals surface area contributed by atoms with Gasteiger partial charge in [0.1, 0.15) is 5.01 Å². The number of benzene rings is 1. The molecule has 11 heteroatoms. The highest BCUT2D eigenvalue weighted by Gasteiger charge is 2.35. The first kappa shape index (κ1) is 18.1. The minimum Gasteiger partial charge on any atom is -0.369 e. The van der Waals surface area contributed by atoms with Crippen molar-refractivity contribution < 1.29 is 23.2 Å². The Bertz CT molecular complexity index is 748. The van der Waals surface area contributed by atoms with Crippen molar-refractivity contribution in [2.75, 3.05) is 5.32 Å². The molecule has 7 nitrogen and oxygen atoms in total. The number of aliphatic hydroxyl groups is 1. The average molecular weight is 362 g/mol. The number of nitrogens with two attached hydrogens (primary N) is 1.